The lowest BCUT2D eigenvalue weighted by Gasteiger charge is -2.27. The number of carbonyl (C=O) groups excluding carboxylic acids is 3. The van der Waals surface area contributed by atoms with Gasteiger partial charge in [0.2, 0.25) is 17.7 Å². The number of amides is 3. The van der Waals surface area contributed by atoms with Gasteiger partial charge in [0.15, 0.2) is 0 Å². The van der Waals surface area contributed by atoms with E-state index in [1.807, 2.05) is 20.1 Å². The molecule has 160 valence electrons. The number of rotatable bonds is 10. The molecule has 4 unspecified atom stereocenters. The predicted molar refractivity (Wildman–Crippen MR) is 108 cm³/mol. The number of aliphatic carboxylic acids is 1. The van der Waals surface area contributed by atoms with Crippen molar-refractivity contribution in [1.29, 1.82) is 0 Å². The maximum atomic E-state index is 12.7. The summed E-state index contributed by atoms with van der Waals surface area (Å²) < 4.78 is 0. The van der Waals surface area contributed by atoms with E-state index < -0.39 is 47.9 Å². The topological polar surface area (TPSA) is 142 Å². The van der Waals surface area contributed by atoms with Crippen LogP contribution in [-0.2, 0) is 19.2 Å². The first-order chi connectivity index (χ1) is 13.1. The zero-order valence-corrected chi connectivity index (χ0v) is 17.8. The molecule has 3 amide bonds. The van der Waals surface area contributed by atoms with Gasteiger partial charge in [0, 0.05) is 6.54 Å². The van der Waals surface area contributed by atoms with Crippen LogP contribution in [0.15, 0.2) is 0 Å². The molecule has 1 fully saturated rings. The molecule has 1 heterocycles. The summed E-state index contributed by atoms with van der Waals surface area (Å²) >= 11 is 1.54. The van der Waals surface area contributed by atoms with Crippen LogP contribution in [0.2, 0.25) is 0 Å². The van der Waals surface area contributed by atoms with Crippen LogP contribution in [0.5, 0.6) is 0 Å². The minimum atomic E-state index is -1.04. The summed E-state index contributed by atoms with van der Waals surface area (Å²) in [5.74, 6) is -1.81. The molecule has 5 N–H and O–H groups in total. The highest BCUT2D eigenvalue weighted by Gasteiger charge is 2.37. The molecule has 0 radical (unpaired) electrons. The number of nitrogens with zero attached hydrogens (tertiary/aromatic N) is 1. The van der Waals surface area contributed by atoms with Gasteiger partial charge in [0.1, 0.15) is 18.1 Å². The Labute approximate surface area is 170 Å². The van der Waals surface area contributed by atoms with Crippen molar-refractivity contribution in [1.82, 2.24) is 15.5 Å². The monoisotopic (exact) mass is 416 g/mol. The lowest BCUT2D eigenvalue weighted by Crippen LogP contribution is -2.57. The van der Waals surface area contributed by atoms with Crippen LogP contribution >= 0.6 is 11.8 Å². The van der Waals surface area contributed by atoms with E-state index in [1.54, 1.807) is 0 Å². The van der Waals surface area contributed by atoms with E-state index in [2.05, 4.69) is 10.6 Å². The van der Waals surface area contributed by atoms with Crippen molar-refractivity contribution in [2.45, 2.75) is 64.2 Å². The minimum absolute atomic E-state index is 0.0760. The summed E-state index contributed by atoms with van der Waals surface area (Å²) in [5.41, 5.74) is 5.85. The number of nitrogens with two attached hydrogens (primary N) is 1. The number of likely N-dealkylation sites (tertiary alicyclic amines) is 1. The Hall–Kier alpha value is -1.81. The molecule has 28 heavy (non-hydrogen) atoms. The maximum absolute atomic E-state index is 12.7. The molecule has 1 aliphatic heterocycles. The van der Waals surface area contributed by atoms with Crippen molar-refractivity contribution in [3.8, 4) is 0 Å². The molecule has 9 nitrogen and oxygen atoms in total. The Balaban J connectivity index is 2.76. The highest BCUT2D eigenvalue weighted by Crippen LogP contribution is 2.18. The maximum Gasteiger partial charge on any atom is 0.326 e. The number of thioether (sulfide) groups is 1. The fourth-order valence-electron chi connectivity index (χ4n) is 2.99. The van der Waals surface area contributed by atoms with Gasteiger partial charge in [0.25, 0.3) is 0 Å². The number of carbonyl (C=O) groups is 4. The SMILES string of the molecule is CSCCC(NC(=O)C(N)C(C)C)C(=O)NC(C)C(=O)N1CCCC1C(=O)O. The van der Waals surface area contributed by atoms with Gasteiger partial charge in [0.05, 0.1) is 6.04 Å². The standard InChI is InChI=1S/C18H32N4O5S/c1-10(2)14(19)16(24)21-12(7-9-28-4)15(23)20-11(3)17(25)22-8-5-6-13(22)18(26)27/h10-14H,5-9,19H2,1-4H3,(H,20,23)(H,21,24)(H,26,27). The van der Waals surface area contributed by atoms with E-state index in [9.17, 15) is 24.3 Å². The first-order valence-corrected chi connectivity index (χ1v) is 10.9. The lowest BCUT2D eigenvalue weighted by molar-refractivity contribution is -0.149. The Kier molecular flexibility index (Phi) is 9.74. The normalized spacial score (nSPS) is 19.8. The number of carboxylic acid groups (broad SMARTS) is 1. The molecule has 0 spiro atoms. The summed E-state index contributed by atoms with van der Waals surface area (Å²) in [5, 5.41) is 14.5. The second-order valence-corrected chi connectivity index (χ2v) is 8.36. The van der Waals surface area contributed by atoms with E-state index in [0.717, 1.165) is 0 Å². The van der Waals surface area contributed by atoms with Crippen molar-refractivity contribution in [3.63, 3.8) is 0 Å². The van der Waals surface area contributed by atoms with Crippen LogP contribution < -0.4 is 16.4 Å². The average Bonchev–Trinajstić information content (AvgIpc) is 3.13. The largest absolute Gasteiger partial charge is 0.480 e. The van der Waals surface area contributed by atoms with Gasteiger partial charge < -0.3 is 26.4 Å². The molecule has 1 rings (SSSR count). The van der Waals surface area contributed by atoms with E-state index in [4.69, 9.17) is 5.73 Å². The molecule has 1 saturated heterocycles. The quantitative estimate of drug-likeness (QED) is 0.386. The van der Waals surface area contributed by atoms with Gasteiger partial charge >= 0.3 is 5.97 Å². The van der Waals surface area contributed by atoms with E-state index in [-0.39, 0.29) is 5.92 Å². The number of carboxylic acids is 1. The fraction of sp³-hybridized carbons (Fsp3) is 0.778. The molecule has 10 heteroatoms. The summed E-state index contributed by atoms with van der Waals surface area (Å²) in [6.07, 6.45) is 3.30. The van der Waals surface area contributed by atoms with Gasteiger partial charge in [-0.05, 0) is 44.1 Å². The molecule has 0 saturated carbocycles. The molecular formula is C18H32N4O5S. The third-order valence-corrected chi connectivity index (χ3v) is 5.46. The summed E-state index contributed by atoms with van der Waals surface area (Å²) in [7, 11) is 0. The molecule has 0 aromatic heterocycles. The number of nitrogens with one attached hydrogen (secondary N) is 2. The molecule has 0 aromatic rings. The van der Waals surface area contributed by atoms with Crippen molar-refractivity contribution in [2.75, 3.05) is 18.6 Å². The molecule has 0 aliphatic carbocycles. The van der Waals surface area contributed by atoms with Gasteiger partial charge in [-0.25, -0.2) is 4.79 Å². The molecular weight excluding hydrogens is 384 g/mol. The van der Waals surface area contributed by atoms with Crippen LogP contribution in [0.1, 0.15) is 40.0 Å². The summed E-state index contributed by atoms with van der Waals surface area (Å²) in [4.78, 5) is 50.1. The Morgan fingerprint density at radius 1 is 1.18 bits per heavy atom. The van der Waals surface area contributed by atoms with Gasteiger partial charge in [-0.3, -0.25) is 14.4 Å². The zero-order chi connectivity index (χ0) is 21.4. The number of hydrogen-bond acceptors (Lipinski definition) is 6. The molecule has 0 aromatic carbocycles. The van der Waals surface area contributed by atoms with E-state index in [1.165, 1.54) is 23.6 Å². The van der Waals surface area contributed by atoms with E-state index >= 15 is 0 Å². The molecule has 1 aliphatic rings. The van der Waals surface area contributed by atoms with Gasteiger partial charge in [-0.2, -0.15) is 11.8 Å². The summed E-state index contributed by atoms with van der Waals surface area (Å²) in [6.45, 7) is 5.50. The summed E-state index contributed by atoms with van der Waals surface area (Å²) in [6, 6.07) is -3.29. The van der Waals surface area contributed by atoms with Crippen molar-refractivity contribution in [2.24, 2.45) is 11.7 Å². The highest BCUT2D eigenvalue weighted by molar-refractivity contribution is 7.98. The van der Waals surface area contributed by atoms with Crippen LogP contribution in [0.3, 0.4) is 0 Å². The van der Waals surface area contributed by atoms with Gasteiger partial charge in [-0.15, -0.1) is 0 Å². The Morgan fingerprint density at radius 3 is 2.36 bits per heavy atom. The molecule has 4 atom stereocenters. The van der Waals surface area contributed by atoms with Crippen molar-refractivity contribution < 1.29 is 24.3 Å². The average molecular weight is 417 g/mol. The number of hydrogen-bond donors (Lipinski definition) is 4. The first kappa shape index (κ1) is 24.2. The van der Waals surface area contributed by atoms with E-state index in [0.29, 0.717) is 31.6 Å². The second kappa shape index (κ2) is 11.3. The van der Waals surface area contributed by atoms with Crippen LogP contribution in [0, 0.1) is 5.92 Å². The Bertz CT molecular complexity index is 586. The predicted octanol–water partition coefficient (Wildman–Crippen LogP) is -0.212. The van der Waals surface area contributed by atoms with Crippen molar-refractivity contribution >= 4 is 35.5 Å². The smallest absolute Gasteiger partial charge is 0.326 e. The minimum Gasteiger partial charge on any atom is -0.480 e. The highest BCUT2D eigenvalue weighted by atomic mass is 32.2. The van der Waals surface area contributed by atoms with Crippen LogP contribution in [0.25, 0.3) is 0 Å². The molecule has 0 bridgehead atoms. The van der Waals surface area contributed by atoms with Crippen LogP contribution in [0.4, 0.5) is 0 Å². The lowest BCUT2D eigenvalue weighted by atomic mass is 10.0. The fourth-order valence-corrected chi connectivity index (χ4v) is 3.46. The third-order valence-electron chi connectivity index (χ3n) is 4.81. The zero-order valence-electron chi connectivity index (χ0n) is 16.9. The second-order valence-electron chi connectivity index (χ2n) is 7.37. The van der Waals surface area contributed by atoms with Crippen molar-refractivity contribution in [3.05, 3.63) is 0 Å². The third kappa shape index (κ3) is 6.66. The Morgan fingerprint density at radius 2 is 1.82 bits per heavy atom. The first-order valence-electron chi connectivity index (χ1n) is 9.48. The van der Waals surface area contributed by atoms with Gasteiger partial charge in [-0.1, -0.05) is 13.8 Å². The van der Waals surface area contributed by atoms with Crippen LogP contribution in [-0.4, -0.2) is 76.4 Å².